The van der Waals surface area contributed by atoms with Crippen LogP contribution in [0.15, 0.2) is 18.2 Å². The lowest BCUT2D eigenvalue weighted by molar-refractivity contribution is 0.131. The monoisotopic (exact) mass is 261 g/mol. The standard InChI is InChI=1S/C17H27NO/c1-12(2)18-11-17(9-8-14(17)4)15-7-6-13(3)16(10-15)19-5/h6-7,10,12,14,18H,8-9,11H2,1-5H3. The normalized spacial score (nSPS) is 26.3. The van der Waals surface area contributed by atoms with Crippen molar-refractivity contribution in [2.45, 2.75) is 52.0 Å². The van der Waals surface area contributed by atoms with E-state index in [0.29, 0.717) is 11.5 Å². The van der Waals surface area contributed by atoms with Gasteiger partial charge in [-0.1, -0.05) is 32.9 Å². The third-order valence-electron chi connectivity index (χ3n) is 4.78. The first-order valence-corrected chi connectivity index (χ1v) is 7.38. The second-order valence-electron chi connectivity index (χ2n) is 6.32. The minimum absolute atomic E-state index is 0.297. The van der Waals surface area contributed by atoms with Crippen molar-refractivity contribution in [1.29, 1.82) is 0 Å². The van der Waals surface area contributed by atoms with Gasteiger partial charge in [-0.25, -0.2) is 0 Å². The average Bonchev–Trinajstić information content (AvgIpc) is 2.38. The lowest BCUT2D eigenvalue weighted by Gasteiger charge is -2.49. The Morgan fingerprint density at radius 2 is 2.16 bits per heavy atom. The van der Waals surface area contributed by atoms with Crippen LogP contribution >= 0.6 is 0 Å². The minimum atomic E-state index is 0.297. The summed E-state index contributed by atoms with van der Waals surface area (Å²) in [6.07, 6.45) is 2.61. The fourth-order valence-electron chi connectivity index (χ4n) is 3.09. The zero-order chi connectivity index (χ0) is 14.0. The largest absolute Gasteiger partial charge is 0.496 e. The first kappa shape index (κ1) is 14.4. The van der Waals surface area contributed by atoms with E-state index in [1.807, 2.05) is 0 Å². The van der Waals surface area contributed by atoms with E-state index in [4.69, 9.17) is 4.74 Å². The second kappa shape index (κ2) is 5.54. The molecule has 2 unspecified atom stereocenters. The molecule has 1 fully saturated rings. The molecule has 1 N–H and O–H groups in total. The summed E-state index contributed by atoms with van der Waals surface area (Å²) in [5, 5.41) is 3.63. The van der Waals surface area contributed by atoms with Crippen molar-refractivity contribution in [2.24, 2.45) is 5.92 Å². The molecule has 1 saturated carbocycles. The van der Waals surface area contributed by atoms with E-state index in [-0.39, 0.29) is 0 Å². The van der Waals surface area contributed by atoms with Crippen molar-refractivity contribution in [2.75, 3.05) is 13.7 Å². The molecule has 0 aromatic heterocycles. The molecule has 2 heteroatoms. The molecule has 0 bridgehead atoms. The topological polar surface area (TPSA) is 21.3 Å². The Kier molecular flexibility index (Phi) is 4.19. The van der Waals surface area contributed by atoms with Crippen molar-refractivity contribution in [3.8, 4) is 5.75 Å². The molecule has 1 aromatic carbocycles. The Morgan fingerprint density at radius 3 is 2.63 bits per heavy atom. The highest BCUT2D eigenvalue weighted by atomic mass is 16.5. The van der Waals surface area contributed by atoms with Crippen molar-refractivity contribution >= 4 is 0 Å². The average molecular weight is 261 g/mol. The third kappa shape index (κ3) is 2.64. The molecule has 2 nitrogen and oxygen atoms in total. The molecular weight excluding hydrogens is 234 g/mol. The molecule has 19 heavy (non-hydrogen) atoms. The SMILES string of the molecule is COc1cc(C2(CNC(C)C)CCC2C)ccc1C. The van der Waals surface area contributed by atoms with Crippen molar-refractivity contribution in [3.05, 3.63) is 29.3 Å². The highest BCUT2D eigenvalue weighted by Crippen LogP contribution is 2.49. The molecule has 0 aliphatic heterocycles. The fourth-order valence-corrected chi connectivity index (χ4v) is 3.09. The Balaban J connectivity index is 2.29. The maximum atomic E-state index is 5.49. The van der Waals surface area contributed by atoms with Gasteiger partial charge in [-0.15, -0.1) is 0 Å². The lowest BCUT2D eigenvalue weighted by atomic mass is 9.57. The Bertz CT molecular complexity index is 441. The van der Waals surface area contributed by atoms with Gasteiger partial charge in [-0.2, -0.15) is 0 Å². The maximum Gasteiger partial charge on any atom is 0.122 e. The summed E-state index contributed by atoms with van der Waals surface area (Å²) in [5.41, 5.74) is 2.94. The van der Waals surface area contributed by atoms with Gasteiger partial charge in [0.25, 0.3) is 0 Å². The molecule has 0 heterocycles. The molecule has 1 aliphatic rings. The number of nitrogens with one attached hydrogen (secondary N) is 1. The van der Waals surface area contributed by atoms with Crippen LogP contribution < -0.4 is 10.1 Å². The smallest absolute Gasteiger partial charge is 0.122 e. The number of hydrogen-bond acceptors (Lipinski definition) is 2. The number of methoxy groups -OCH3 is 1. The van der Waals surface area contributed by atoms with Gasteiger partial charge in [0.2, 0.25) is 0 Å². The molecule has 0 saturated heterocycles. The van der Waals surface area contributed by atoms with Crippen LogP contribution in [-0.4, -0.2) is 19.7 Å². The van der Waals surface area contributed by atoms with Gasteiger partial charge < -0.3 is 10.1 Å². The molecular formula is C17H27NO. The van der Waals surface area contributed by atoms with Crippen LogP contribution in [0.1, 0.15) is 44.7 Å². The highest BCUT2D eigenvalue weighted by molar-refractivity contribution is 5.41. The van der Waals surface area contributed by atoms with Gasteiger partial charge in [0.15, 0.2) is 0 Å². The van der Waals surface area contributed by atoms with Gasteiger partial charge in [-0.05, 0) is 42.9 Å². The van der Waals surface area contributed by atoms with E-state index in [0.717, 1.165) is 18.2 Å². The Hall–Kier alpha value is -1.02. The molecule has 0 amide bonds. The zero-order valence-corrected chi connectivity index (χ0v) is 12.9. The molecule has 1 aromatic rings. The van der Waals surface area contributed by atoms with Crippen LogP contribution in [0.3, 0.4) is 0 Å². The number of ether oxygens (including phenoxy) is 1. The number of benzene rings is 1. The van der Waals surface area contributed by atoms with Gasteiger partial charge in [0, 0.05) is 18.0 Å². The third-order valence-corrected chi connectivity index (χ3v) is 4.78. The van der Waals surface area contributed by atoms with Crippen LogP contribution in [0.5, 0.6) is 5.75 Å². The van der Waals surface area contributed by atoms with Gasteiger partial charge in [0.05, 0.1) is 7.11 Å². The molecule has 2 atom stereocenters. The van der Waals surface area contributed by atoms with Crippen molar-refractivity contribution < 1.29 is 4.74 Å². The van der Waals surface area contributed by atoms with Crippen molar-refractivity contribution in [3.63, 3.8) is 0 Å². The lowest BCUT2D eigenvalue weighted by Crippen LogP contribution is -2.51. The Morgan fingerprint density at radius 1 is 1.42 bits per heavy atom. The van der Waals surface area contributed by atoms with Crippen LogP contribution in [0.4, 0.5) is 0 Å². The van der Waals surface area contributed by atoms with E-state index >= 15 is 0 Å². The summed E-state index contributed by atoms with van der Waals surface area (Å²) in [7, 11) is 1.76. The van der Waals surface area contributed by atoms with Crippen molar-refractivity contribution in [1.82, 2.24) is 5.32 Å². The number of rotatable bonds is 5. The van der Waals surface area contributed by atoms with E-state index in [2.05, 4.69) is 51.2 Å². The van der Waals surface area contributed by atoms with Gasteiger partial charge in [-0.3, -0.25) is 0 Å². The first-order valence-electron chi connectivity index (χ1n) is 7.38. The molecule has 106 valence electrons. The summed E-state index contributed by atoms with van der Waals surface area (Å²) in [6, 6.07) is 7.26. The summed E-state index contributed by atoms with van der Waals surface area (Å²) in [4.78, 5) is 0. The molecule has 0 spiro atoms. The van der Waals surface area contributed by atoms with Crippen LogP contribution in [0.25, 0.3) is 0 Å². The summed E-state index contributed by atoms with van der Waals surface area (Å²) in [5.74, 6) is 1.76. The predicted octanol–water partition coefficient (Wildman–Crippen LogP) is 3.67. The van der Waals surface area contributed by atoms with Gasteiger partial charge >= 0.3 is 0 Å². The van der Waals surface area contributed by atoms with Gasteiger partial charge in [0.1, 0.15) is 5.75 Å². The quantitative estimate of drug-likeness (QED) is 0.873. The van der Waals surface area contributed by atoms with Crippen LogP contribution in [0.2, 0.25) is 0 Å². The number of aryl methyl sites for hydroxylation is 1. The number of hydrogen-bond donors (Lipinski definition) is 1. The van der Waals surface area contributed by atoms with Crippen LogP contribution in [0, 0.1) is 12.8 Å². The summed E-state index contributed by atoms with van der Waals surface area (Å²) >= 11 is 0. The predicted molar refractivity (Wildman–Crippen MR) is 80.9 cm³/mol. The molecule has 0 radical (unpaired) electrons. The van der Waals surface area contributed by atoms with Crippen LogP contribution in [-0.2, 0) is 5.41 Å². The van der Waals surface area contributed by atoms with E-state index in [9.17, 15) is 0 Å². The highest BCUT2D eigenvalue weighted by Gasteiger charge is 2.45. The zero-order valence-electron chi connectivity index (χ0n) is 12.9. The maximum absolute atomic E-state index is 5.49. The molecule has 2 rings (SSSR count). The fraction of sp³-hybridized carbons (Fsp3) is 0.647. The second-order valence-corrected chi connectivity index (χ2v) is 6.32. The summed E-state index contributed by atoms with van der Waals surface area (Å²) in [6.45, 7) is 9.97. The summed E-state index contributed by atoms with van der Waals surface area (Å²) < 4.78 is 5.49. The van der Waals surface area contributed by atoms with E-state index in [1.165, 1.54) is 24.0 Å². The Labute approximate surface area is 117 Å². The minimum Gasteiger partial charge on any atom is -0.496 e. The first-order chi connectivity index (χ1) is 8.99. The van der Waals surface area contributed by atoms with E-state index < -0.39 is 0 Å². The molecule has 1 aliphatic carbocycles. The van der Waals surface area contributed by atoms with E-state index in [1.54, 1.807) is 7.11 Å².